The normalized spacial score (nSPS) is 14.9. The fourth-order valence-electron chi connectivity index (χ4n) is 3.80. The smallest absolute Gasteiger partial charge is 0.335 e. The van der Waals surface area contributed by atoms with Crippen molar-refractivity contribution in [2.24, 2.45) is 0 Å². The van der Waals surface area contributed by atoms with Crippen molar-refractivity contribution in [3.8, 4) is 5.75 Å². The van der Waals surface area contributed by atoms with E-state index in [1.807, 2.05) is 0 Å². The molecule has 1 aliphatic rings. The summed E-state index contributed by atoms with van der Waals surface area (Å²) in [5.41, 5.74) is 2.50. The van der Waals surface area contributed by atoms with Gasteiger partial charge in [0.05, 0.1) is 12.3 Å². The van der Waals surface area contributed by atoms with E-state index in [1.165, 1.54) is 24.3 Å². The van der Waals surface area contributed by atoms with Crippen LogP contribution in [0.5, 0.6) is 5.75 Å². The zero-order chi connectivity index (χ0) is 26.0. The molecule has 1 fully saturated rings. The van der Waals surface area contributed by atoms with E-state index in [2.05, 4.69) is 5.32 Å². The van der Waals surface area contributed by atoms with Gasteiger partial charge in [-0.1, -0.05) is 41.4 Å². The molecule has 184 valence electrons. The van der Waals surface area contributed by atoms with Crippen molar-refractivity contribution >= 4 is 52.8 Å². The van der Waals surface area contributed by atoms with Crippen molar-refractivity contribution < 1.29 is 23.5 Å². The Morgan fingerprint density at radius 2 is 1.81 bits per heavy atom. The van der Waals surface area contributed by atoms with Gasteiger partial charge < -0.3 is 4.74 Å². The molecule has 1 aliphatic heterocycles. The first-order valence-electron chi connectivity index (χ1n) is 11.0. The average molecular weight is 527 g/mol. The highest BCUT2D eigenvalue weighted by Gasteiger charge is 2.37. The number of ether oxygens (including phenoxy) is 1. The van der Waals surface area contributed by atoms with Crippen LogP contribution in [0.1, 0.15) is 29.2 Å². The third-order valence-corrected chi connectivity index (χ3v) is 6.32. The Kier molecular flexibility index (Phi) is 7.43. The number of carbonyl (C=O) groups excluding carboxylic acids is 3. The molecule has 3 aromatic carbocycles. The average Bonchev–Trinajstić information content (AvgIpc) is 2.81. The van der Waals surface area contributed by atoms with E-state index < -0.39 is 17.8 Å². The minimum absolute atomic E-state index is 0.227. The number of amides is 4. The highest BCUT2D eigenvalue weighted by molar-refractivity contribution is 6.39. The van der Waals surface area contributed by atoms with Crippen LogP contribution in [0.4, 0.5) is 14.9 Å². The van der Waals surface area contributed by atoms with E-state index in [0.29, 0.717) is 45.5 Å². The summed E-state index contributed by atoms with van der Waals surface area (Å²) < 4.78 is 19.4. The number of rotatable bonds is 6. The summed E-state index contributed by atoms with van der Waals surface area (Å²) >= 11 is 12.7. The van der Waals surface area contributed by atoms with Gasteiger partial charge >= 0.3 is 6.03 Å². The van der Waals surface area contributed by atoms with Crippen molar-refractivity contribution in [3.05, 3.63) is 98.3 Å². The van der Waals surface area contributed by atoms with Crippen LogP contribution in [-0.2, 0) is 16.0 Å². The first-order chi connectivity index (χ1) is 17.2. The molecule has 1 N–H and O–H groups in total. The number of benzene rings is 3. The van der Waals surface area contributed by atoms with Gasteiger partial charge in [-0.2, -0.15) is 0 Å². The summed E-state index contributed by atoms with van der Waals surface area (Å²) in [5.74, 6) is -1.57. The van der Waals surface area contributed by atoms with Gasteiger partial charge in [-0.3, -0.25) is 14.9 Å². The fraction of sp³-hybridized carbons (Fsp3) is 0.148. The van der Waals surface area contributed by atoms with Crippen molar-refractivity contribution in [2.45, 2.75) is 20.3 Å². The predicted molar refractivity (Wildman–Crippen MR) is 137 cm³/mol. The summed E-state index contributed by atoms with van der Waals surface area (Å²) in [4.78, 5) is 39.1. The lowest BCUT2D eigenvalue weighted by molar-refractivity contribution is -0.122. The largest absolute Gasteiger partial charge is 0.494 e. The summed E-state index contributed by atoms with van der Waals surface area (Å²) in [6.45, 7) is 3.93. The molecular weight excluding hydrogens is 506 g/mol. The number of nitrogens with one attached hydrogen (secondary N) is 1. The molecule has 36 heavy (non-hydrogen) atoms. The van der Waals surface area contributed by atoms with Gasteiger partial charge in [0.15, 0.2) is 0 Å². The molecule has 0 saturated carbocycles. The summed E-state index contributed by atoms with van der Waals surface area (Å²) in [7, 11) is 0. The standard InChI is InChI=1S/C27H21Cl2FN2O4/c1-3-36-24-13-17(12-23(29)20(24)10-16-5-4-6-18(30)9-16)11-21-25(33)31-27(35)32(26(21)34)19-8-7-15(2)22(28)14-19/h4-9,11-14H,3,10H2,1-2H3,(H,31,33,35)/b21-11+. The molecule has 0 atom stereocenters. The van der Waals surface area contributed by atoms with Crippen LogP contribution in [-0.4, -0.2) is 24.5 Å². The molecule has 0 radical (unpaired) electrons. The first kappa shape index (κ1) is 25.4. The van der Waals surface area contributed by atoms with Crippen LogP contribution in [0, 0.1) is 12.7 Å². The molecule has 4 rings (SSSR count). The second kappa shape index (κ2) is 10.5. The van der Waals surface area contributed by atoms with E-state index in [0.717, 1.165) is 10.5 Å². The van der Waals surface area contributed by atoms with Crippen LogP contribution >= 0.6 is 23.2 Å². The van der Waals surface area contributed by atoms with Crippen molar-refractivity contribution in [1.82, 2.24) is 5.32 Å². The summed E-state index contributed by atoms with van der Waals surface area (Å²) in [6.07, 6.45) is 1.66. The van der Waals surface area contributed by atoms with E-state index in [4.69, 9.17) is 27.9 Å². The molecule has 4 amide bonds. The quantitative estimate of drug-likeness (QED) is 0.311. The van der Waals surface area contributed by atoms with Crippen LogP contribution in [0.15, 0.2) is 60.2 Å². The lowest BCUT2D eigenvalue weighted by Gasteiger charge is -2.26. The van der Waals surface area contributed by atoms with Gasteiger partial charge in [0.1, 0.15) is 17.1 Å². The molecule has 6 nitrogen and oxygen atoms in total. The minimum Gasteiger partial charge on any atom is -0.494 e. The van der Waals surface area contributed by atoms with Crippen LogP contribution in [0.25, 0.3) is 6.08 Å². The lowest BCUT2D eigenvalue weighted by atomic mass is 10.00. The topological polar surface area (TPSA) is 75.7 Å². The molecule has 3 aromatic rings. The highest BCUT2D eigenvalue weighted by atomic mass is 35.5. The Balaban J connectivity index is 1.72. The van der Waals surface area contributed by atoms with Gasteiger partial charge in [0.2, 0.25) is 0 Å². The molecule has 0 aliphatic carbocycles. The second-order valence-corrected chi connectivity index (χ2v) is 8.92. The number of barbiturate groups is 1. The zero-order valence-corrected chi connectivity index (χ0v) is 20.9. The third-order valence-electron chi connectivity index (χ3n) is 5.57. The molecule has 0 spiro atoms. The van der Waals surface area contributed by atoms with Gasteiger partial charge in [0.25, 0.3) is 11.8 Å². The van der Waals surface area contributed by atoms with Crippen molar-refractivity contribution in [2.75, 3.05) is 11.5 Å². The minimum atomic E-state index is -0.874. The number of hydrogen-bond acceptors (Lipinski definition) is 4. The monoisotopic (exact) mass is 526 g/mol. The van der Waals surface area contributed by atoms with Crippen LogP contribution in [0.2, 0.25) is 10.0 Å². The fourth-order valence-corrected chi connectivity index (χ4v) is 4.26. The summed E-state index contributed by atoms with van der Waals surface area (Å²) in [5, 5.41) is 2.87. The number of urea groups is 1. The number of hydrogen-bond donors (Lipinski definition) is 1. The zero-order valence-electron chi connectivity index (χ0n) is 19.4. The number of nitrogens with zero attached hydrogens (tertiary/aromatic N) is 1. The maximum absolute atomic E-state index is 13.7. The summed E-state index contributed by atoms with van der Waals surface area (Å²) in [6, 6.07) is 13.2. The van der Waals surface area contributed by atoms with Gasteiger partial charge in [-0.05, 0) is 73.0 Å². The van der Waals surface area contributed by atoms with E-state index in [-0.39, 0.29) is 17.1 Å². The molecule has 9 heteroatoms. The maximum Gasteiger partial charge on any atom is 0.335 e. The lowest BCUT2D eigenvalue weighted by Crippen LogP contribution is -2.54. The highest BCUT2D eigenvalue weighted by Crippen LogP contribution is 2.33. The predicted octanol–water partition coefficient (Wildman–Crippen LogP) is 6.10. The van der Waals surface area contributed by atoms with E-state index in [9.17, 15) is 18.8 Å². The number of imide groups is 2. The van der Waals surface area contributed by atoms with Gasteiger partial charge in [-0.15, -0.1) is 0 Å². The Hall–Kier alpha value is -3.68. The number of carbonyl (C=O) groups is 3. The Morgan fingerprint density at radius 3 is 2.50 bits per heavy atom. The number of aryl methyl sites for hydroxylation is 1. The van der Waals surface area contributed by atoms with Crippen molar-refractivity contribution in [1.29, 1.82) is 0 Å². The van der Waals surface area contributed by atoms with Crippen LogP contribution in [0.3, 0.4) is 0 Å². The molecule has 1 heterocycles. The van der Waals surface area contributed by atoms with E-state index in [1.54, 1.807) is 50.2 Å². The number of halogens is 3. The van der Waals surface area contributed by atoms with Gasteiger partial charge in [0, 0.05) is 22.0 Å². The molecule has 0 aromatic heterocycles. The maximum atomic E-state index is 13.7. The molecule has 0 unspecified atom stereocenters. The SMILES string of the molecule is CCOc1cc(/C=C2\C(=O)NC(=O)N(c3ccc(C)c(Cl)c3)C2=O)cc(Cl)c1Cc1cccc(F)c1. The molecule has 0 bridgehead atoms. The third kappa shape index (κ3) is 5.27. The van der Waals surface area contributed by atoms with E-state index >= 15 is 0 Å². The van der Waals surface area contributed by atoms with Crippen molar-refractivity contribution in [3.63, 3.8) is 0 Å². The Morgan fingerprint density at radius 1 is 1.03 bits per heavy atom. The van der Waals surface area contributed by atoms with Crippen LogP contribution < -0.4 is 15.0 Å². The molecular formula is C27H21Cl2FN2O4. The molecule has 1 saturated heterocycles. The van der Waals surface area contributed by atoms with Gasteiger partial charge in [-0.25, -0.2) is 14.1 Å². The first-order valence-corrected chi connectivity index (χ1v) is 11.8. The Labute approximate surface area is 217 Å². The second-order valence-electron chi connectivity index (χ2n) is 8.11. The number of anilines is 1. The Bertz CT molecular complexity index is 1420.